The highest BCUT2D eigenvalue weighted by atomic mass is 19.1. The summed E-state index contributed by atoms with van der Waals surface area (Å²) < 4.78 is 12.8. The standard InChI is InChI=1S/C21H32FN3O2/c1-4-21(2,3)16-7-11-18(12-8-16)25-19(26)14-24-20(27)23-13-15-5-9-17(22)10-6-15/h5-6,9-10,16,18H,4,7-8,11-14H2,1-3H3,(H,25,26)(H2,23,24,27). The second kappa shape index (κ2) is 9.72. The molecule has 1 fully saturated rings. The van der Waals surface area contributed by atoms with Crippen LogP contribution in [0.4, 0.5) is 9.18 Å². The minimum Gasteiger partial charge on any atom is -0.352 e. The van der Waals surface area contributed by atoms with E-state index < -0.39 is 6.03 Å². The fourth-order valence-corrected chi connectivity index (χ4v) is 3.59. The second-order valence-corrected chi connectivity index (χ2v) is 8.12. The summed E-state index contributed by atoms with van der Waals surface area (Å²) in [6.45, 7) is 7.12. The Kier molecular flexibility index (Phi) is 7.63. The Labute approximate surface area is 161 Å². The van der Waals surface area contributed by atoms with Crippen LogP contribution >= 0.6 is 0 Å². The number of carbonyl (C=O) groups excluding carboxylic acids is 2. The molecule has 6 heteroatoms. The minimum absolute atomic E-state index is 0.0460. The minimum atomic E-state index is -0.414. The molecule has 1 saturated carbocycles. The Balaban J connectivity index is 1.63. The first-order valence-electron chi connectivity index (χ1n) is 9.85. The molecule has 0 saturated heterocycles. The van der Waals surface area contributed by atoms with Crippen LogP contribution in [0.25, 0.3) is 0 Å². The lowest BCUT2D eigenvalue weighted by Crippen LogP contribution is -2.46. The van der Waals surface area contributed by atoms with Gasteiger partial charge in [-0.1, -0.05) is 39.3 Å². The van der Waals surface area contributed by atoms with E-state index in [4.69, 9.17) is 0 Å². The first-order chi connectivity index (χ1) is 12.8. The van der Waals surface area contributed by atoms with Crippen LogP contribution in [0.15, 0.2) is 24.3 Å². The van der Waals surface area contributed by atoms with E-state index in [-0.39, 0.29) is 30.9 Å². The zero-order chi connectivity index (χ0) is 19.9. The van der Waals surface area contributed by atoms with Crippen molar-refractivity contribution in [1.29, 1.82) is 0 Å². The summed E-state index contributed by atoms with van der Waals surface area (Å²) in [6.07, 6.45) is 5.44. The van der Waals surface area contributed by atoms with Gasteiger partial charge in [-0.25, -0.2) is 9.18 Å². The summed E-state index contributed by atoms with van der Waals surface area (Å²) in [7, 11) is 0. The van der Waals surface area contributed by atoms with E-state index in [1.165, 1.54) is 18.6 Å². The van der Waals surface area contributed by atoms with Crippen LogP contribution in [0, 0.1) is 17.2 Å². The molecule has 0 spiro atoms. The van der Waals surface area contributed by atoms with Crippen LogP contribution in [0.1, 0.15) is 58.4 Å². The third kappa shape index (κ3) is 6.85. The molecule has 0 aliphatic heterocycles. The third-order valence-electron chi connectivity index (χ3n) is 5.88. The van der Waals surface area contributed by atoms with E-state index in [0.717, 1.165) is 31.2 Å². The number of carbonyl (C=O) groups is 2. The monoisotopic (exact) mass is 377 g/mol. The van der Waals surface area contributed by atoms with E-state index in [1.807, 2.05) is 0 Å². The van der Waals surface area contributed by atoms with Crippen molar-refractivity contribution < 1.29 is 14.0 Å². The average molecular weight is 378 g/mol. The van der Waals surface area contributed by atoms with Crippen LogP contribution in [0.3, 0.4) is 0 Å². The molecule has 1 aliphatic carbocycles. The predicted molar refractivity (Wildman–Crippen MR) is 105 cm³/mol. The summed E-state index contributed by atoms with van der Waals surface area (Å²) in [4.78, 5) is 23.9. The molecule has 1 aromatic rings. The number of hydrogen-bond donors (Lipinski definition) is 3. The molecule has 0 heterocycles. The molecule has 5 nitrogen and oxygen atoms in total. The molecule has 27 heavy (non-hydrogen) atoms. The third-order valence-corrected chi connectivity index (χ3v) is 5.88. The zero-order valence-corrected chi connectivity index (χ0v) is 16.6. The number of amides is 3. The lowest BCUT2D eigenvalue weighted by Gasteiger charge is -2.39. The van der Waals surface area contributed by atoms with Gasteiger partial charge in [-0.05, 0) is 54.7 Å². The van der Waals surface area contributed by atoms with Crippen LogP contribution < -0.4 is 16.0 Å². The lowest BCUT2D eigenvalue weighted by atomic mass is 9.69. The van der Waals surface area contributed by atoms with Gasteiger partial charge in [0.05, 0.1) is 6.54 Å². The first-order valence-corrected chi connectivity index (χ1v) is 9.85. The molecule has 0 bridgehead atoms. The molecule has 1 aliphatic rings. The van der Waals surface area contributed by atoms with Gasteiger partial charge < -0.3 is 16.0 Å². The fraction of sp³-hybridized carbons (Fsp3) is 0.619. The Morgan fingerprint density at radius 1 is 1.07 bits per heavy atom. The van der Waals surface area contributed by atoms with Crippen molar-refractivity contribution in [3.63, 3.8) is 0 Å². The largest absolute Gasteiger partial charge is 0.352 e. The summed E-state index contributed by atoms with van der Waals surface area (Å²) >= 11 is 0. The molecule has 0 radical (unpaired) electrons. The average Bonchev–Trinajstić information content (AvgIpc) is 2.66. The maximum atomic E-state index is 12.8. The van der Waals surface area contributed by atoms with Gasteiger partial charge in [0.25, 0.3) is 0 Å². The van der Waals surface area contributed by atoms with E-state index in [1.54, 1.807) is 12.1 Å². The molecule has 0 aromatic heterocycles. The van der Waals surface area contributed by atoms with Crippen molar-refractivity contribution in [3.05, 3.63) is 35.6 Å². The van der Waals surface area contributed by atoms with Gasteiger partial charge in [0.2, 0.25) is 5.91 Å². The van der Waals surface area contributed by atoms with E-state index in [2.05, 4.69) is 36.7 Å². The Morgan fingerprint density at radius 3 is 2.30 bits per heavy atom. The predicted octanol–water partition coefficient (Wildman–Crippen LogP) is 3.74. The first kappa shape index (κ1) is 21.2. The van der Waals surface area contributed by atoms with Crippen molar-refractivity contribution in [2.75, 3.05) is 6.54 Å². The molecule has 2 rings (SSSR count). The number of halogens is 1. The van der Waals surface area contributed by atoms with Gasteiger partial charge in [0, 0.05) is 12.6 Å². The highest BCUT2D eigenvalue weighted by molar-refractivity contribution is 5.84. The van der Waals surface area contributed by atoms with Crippen LogP contribution in [0.2, 0.25) is 0 Å². The highest BCUT2D eigenvalue weighted by Gasteiger charge is 2.32. The topological polar surface area (TPSA) is 70.2 Å². The summed E-state index contributed by atoms with van der Waals surface area (Å²) in [5.74, 6) is 0.239. The zero-order valence-electron chi connectivity index (χ0n) is 16.6. The van der Waals surface area contributed by atoms with Crippen LogP contribution in [-0.4, -0.2) is 24.5 Å². The maximum absolute atomic E-state index is 12.8. The Bertz CT molecular complexity index is 623. The summed E-state index contributed by atoms with van der Waals surface area (Å²) in [5, 5.41) is 8.23. The summed E-state index contributed by atoms with van der Waals surface area (Å²) in [5.41, 5.74) is 1.15. The Morgan fingerprint density at radius 2 is 1.70 bits per heavy atom. The second-order valence-electron chi connectivity index (χ2n) is 8.12. The normalized spacial score (nSPS) is 20.0. The maximum Gasteiger partial charge on any atom is 0.315 e. The van der Waals surface area contributed by atoms with Crippen molar-refractivity contribution in [2.45, 2.75) is 65.5 Å². The summed E-state index contributed by atoms with van der Waals surface area (Å²) in [6, 6.07) is 5.70. The van der Waals surface area contributed by atoms with Crippen molar-refractivity contribution in [3.8, 4) is 0 Å². The highest BCUT2D eigenvalue weighted by Crippen LogP contribution is 2.40. The van der Waals surface area contributed by atoms with Crippen molar-refractivity contribution >= 4 is 11.9 Å². The number of rotatable bonds is 7. The van der Waals surface area contributed by atoms with Gasteiger partial charge in [-0.2, -0.15) is 0 Å². The van der Waals surface area contributed by atoms with Crippen molar-refractivity contribution in [1.82, 2.24) is 16.0 Å². The van der Waals surface area contributed by atoms with Crippen molar-refractivity contribution in [2.24, 2.45) is 11.3 Å². The van der Waals surface area contributed by atoms with Crippen LogP contribution in [0.5, 0.6) is 0 Å². The van der Waals surface area contributed by atoms with E-state index >= 15 is 0 Å². The molecule has 1 aromatic carbocycles. The molecule has 3 amide bonds. The van der Waals surface area contributed by atoms with Gasteiger partial charge in [-0.15, -0.1) is 0 Å². The molecule has 0 atom stereocenters. The van der Waals surface area contributed by atoms with Gasteiger partial charge >= 0.3 is 6.03 Å². The molecule has 3 N–H and O–H groups in total. The fourth-order valence-electron chi connectivity index (χ4n) is 3.59. The molecule has 0 unspecified atom stereocenters. The number of urea groups is 1. The number of hydrogen-bond acceptors (Lipinski definition) is 2. The van der Waals surface area contributed by atoms with Crippen LogP contribution in [-0.2, 0) is 11.3 Å². The Hall–Kier alpha value is -2.11. The van der Waals surface area contributed by atoms with Gasteiger partial charge in [0.15, 0.2) is 0 Å². The molecule has 150 valence electrons. The number of benzene rings is 1. The molecular weight excluding hydrogens is 345 g/mol. The SMILES string of the molecule is CCC(C)(C)C1CCC(NC(=O)CNC(=O)NCc2ccc(F)cc2)CC1. The quantitative estimate of drug-likeness (QED) is 0.677. The number of nitrogens with one attached hydrogen (secondary N) is 3. The van der Waals surface area contributed by atoms with E-state index in [0.29, 0.717) is 11.3 Å². The van der Waals surface area contributed by atoms with Gasteiger partial charge in [-0.3, -0.25) is 4.79 Å². The van der Waals surface area contributed by atoms with Gasteiger partial charge in [0.1, 0.15) is 5.82 Å². The van der Waals surface area contributed by atoms with E-state index in [9.17, 15) is 14.0 Å². The lowest BCUT2D eigenvalue weighted by molar-refractivity contribution is -0.121. The molecular formula is C21H32FN3O2. The smallest absolute Gasteiger partial charge is 0.315 e.